The molecule has 0 radical (unpaired) electrons. The predicted octanol–water partition coefficient (Wildman–Crippen LogP) is 2.47. The molecule has 2 saturated heterocycles. The Bertz CT molecular complexity index is 878. The van der Waals surface area contributed by atoms with Gasteiger partial charge in [-0.25, -0.2) is 0 Å². The number of Topliss-reactive ketones (excluding diaryl/α,β-unsaturated/α-hetero) is 1. The van der Waals surface area contributed by atoms with E-state index in [1.165, 1.54) is 0 Å². The van der Waals surface area contributed by atoms with E-state index in [1.54, 1.807) is 0 Å². The van der Waals surface area contributed by atoms with Crippen molar-refractivity contribution in [3.8, 4) is 0 Å². The summed E-state index contributed by atoms with van der Waals surface area (Å²) in [5.74, 6) is -1.73. The SMILES string of the molecule is CC1=CC2C3C(=O)NC(=O)C3C(C(=O)C(C)(C)C)N2c2ccc(C)cc21. The molecule has 4 rings (SSSR count). The Morgan fingerprint density at radius 3 is 2.38 bits per heavy atom. The van der Waals surface area contributed by atoms with Gasteiger partial charge in [0.15, 0.2) is 5.78 Å². The molecule has 136 valence electrons. The van der Waals surface area contributed by atoms with Crippen molar-refractivity contribution in [1.82, 2.24) is 5.32 Å². The number of amides is 2. The molecule has 26 heavy (non-hydrogen) atoms. The summed E-state index contributed by atoms with van der Waals surface area (Å²) >= 11 is 0. The second kappa shape index (κ2) is 5.29. The number of carbonyl (C=O) groups excluding carboxylic acids is 3. The third-order valence-corrected chi connectivity index (χ3v) is 5.85. The number of imide groups is 1. The van der Waals surface area contributed by atoms with Crippen LogP contribution in [0.2, 0.25) is 0 Å². The molecular weight excluding hydrogens is 328 g/mol. The molecule has 3 aliphatic rings. The molecule has 2 amide bonds. The number of anilines is 1. The number of rotatable bonds is 1. The van der Waals surface area contributed by atoms with Gasteiger partial charge in [-0.2, -0.15) is 0 Å². The summed E-state index contributed by atoms with van der Waals surface area (Å²) in [7, 11) is 0. The summed E-state index contributed by atoms with van der Waals surface area (Å²) in [6.07, 6.45) is 2.05. The van der Waals surface area contributed by atoms with Gasteiger partial charge in [0.2, 0.25) is 11.8 Å². The first-order valence-corrected chi connectivity index (χ1v) is 9.08. The average Bonchev–Trinajstić information content (AvgIpc) is 3.02. The second-order valence-electron chi connectivity index (χ2n) is 8.73. The first kappa shape index (κ1) is 17.0. The third kappa shape index (κ3) is 2.19. The first-order valence-electron chi connectivity index (χ1n) is 9.08. The summed E-state index contributed by atoms with van der Waals surface area (Å²) in [6, 6.07) is 5.25. The van der Waals surface area contributed by atoms with Gasteiger partial charge in [-0.1, -0.05) is 38.5 Å². The molecule has 0 saturated carbocycles. The van der Waals surface area contributed by atoms with E-state index in [1.807, 2.05) is 57.7 Å². The van der Waals surface area contributed by atoms with E-state index in [2.05, 4.69) is 11.4 Å². The fourth-order valence-electron chi connectivity index (χ4n) is 4.62. The molecule has 5 heteroatoms. The van der Waals surface area contributed by atoms with E-state index in [4.69, 9.17) is 0 Å². The van der Waals surface area contributed by atoms with Crippen LogP contribution in [0.15, 0.2) is 24.3 Å². The maximum Gasteiger partial charge on any atom is 0.233 e. The molecule has 1 aromatic carbocycles. The van der Waals surface area contributed by atoms with Gasteiger partial charge in [-0.15, -0.1) is 0 Å². The van der Waals surface area contributed by atoms with Crippen LogP contribution in [0, 0.1) is 24.2 Å². The van der Waals surface area contributed by atoms with E-state index < -0.39 is 23.3 Å². The standard InChI is InChI=1S/C21H24N2O3/c1-10-6-7-13-12(8-10)11(2)9-14-15-16(20(26)22-19(15)25)17(23(13)14)18(24)21(3,4)5/h6-9,14-17H,1-5H3,(H,22,25,26). The number of nitrogens with one attached hydrogen (secondary N) is 1. The van der Waals surface area contributed by atoms with Gasteiger partial charge in [-0.05, 0) is 31.6 Å². The number of aryl methyl sites for hydroxylation is 1. The minimum Gasteiger partial charge on any atom is -0.353 e. The summed E-state index contributed by atoms with van der Waals surface area (Å²) in [4.78, 5) is 40.4. The average molecular weight is 352 g/mol. The topological polar surface area (TPSA) is 66.5 Å². The molecule has 0 bridgehead atoms. The number of fused-ring (bicyclic) bond motifs is 5. The van der Waals surface area contributed by atoms with Crippen LogP contribution < -0.4 is 10.2 Å². The molecule has 1 N–H and O–H groups in total. The van der Waals surface area contributed by atoms with Crippen molar-refractivity contribution in [3.63, 3.8) is 0 Å². The molecule has 5 nitrogen and oxygen atoms in total. The Morgan fingerprint density at radius 1 is 1.08 bits per heavy atom. The van der Waals surface area contributed by atoms with Gasteiger partial charge in [-0.3, -0.25) is 19.7 Å². The van der Waals surface area contributed by atoms with Crippen LogP contribution in [0.1, 0.15) is 38.8 Å². The summed E-state index contributed by atoms with van der Waals surface area (Å²) in [5.41, 5.74) is 3.64. The van der Waals surface area contributed by atoms with Crippen molar-refractivity contribution in [2.24, 2.45) is 17.3 Å². The fourth-order valence-corrected chi connectivity index (χ4v) is 4.62. The first-order chi connectivity index (χ1) is 12.1. The van der Waals surface area contributed by atoms with Gasteiger partial charge in [0.25, 0.3) is 0 Å². The number of carbonyl (C=O) groups is 3. The highest BCUT2D eigenvalue weighted by Gasteiger charge is 2.62. The number of nitrogens with zero attached hydrogens (tertiary/aromatic N) is 1. The summed E-state index contributed by atoms with van der Waals surface area (Å²) in [5, 5.41) is 2.45. The molecule has 0 spiro atoms. The fraction of sp³-hybridized carbons (Fsp3) is 0.476. The zero-order valence-corrected chi connectivity index (χ0v) is 15.8. The zero-order chi connectivity index (χ0) is 19.0. The van der Waals surface area contributed by atoms with Crippen LogP contribution in [-0.4, -0.2) is 29.7 Å². The molecule has 4 atom stereocenters. The normalized spacial score (nSPS) is 29.7. The van der Waals surface area contributed by atoms with Crippen molar-refractivity contribution < 1.29 is 14.4 Å². The molecule has 3 aliphatic heterocycles. The van der Waals surface area contributed by atoms with Gasteiger partial charge in [0, 0.05) is 16.7 Å². The Morgan fingerprint density at radius 2 is 1.73 bits per heavy atom. The molecule has 4 unspecified atom stereocenters. The molecule has 3 heterocycles. The summed E-state index contributed by atoms with van der Waals surface area (Å²) < 4.78 is 0. The van der Waals surface area contributed by atoms with E-state index in [0.29, 0.717) is 0 Å². The van der Waals surface area contributed by atoms with Crippen molar-refractivity contribution in [2.45, 2.75) is 46.7 Å². The monoisotopic (exact) mass is 352 g/mol. The Labute approximate surface area is 153 Å². The lowest BCUT2D eigenvalue weighted by atomic mass is 9.79. The molecule has 1 aromatic rings. The lowest BCUT2D eigenvalue weighted by Gasteiger charge is -2.39. The minimum absolute atomic E-state index is 0.000622. The molecule has 2 fully saturated rings. The largest absolute Gasteiger partial charge is 0.353 e. The smallest absolute Gasteiger partial charge is 0.233 e. The van der Waals surface area contributed by atoms with E-state index >= 15 is 0 Å². The highest BCUT2D eigenvalue weighted by molar-refractivity contribution is 6.12. The predicted molar refractivity (Wildman–Crippen MR) is 99.5 cm³/mol. The highest BCUT2D eigenvalue weighted by atomic mass is 16.2. The van der Waals surface area contributed by atoms with Crippen LogP contribution in [0.25, 0.3) is 5.57 Å². The van der Waals surface area contributed by atoms with E-state index in [9.17, 15) is 14.4 Å². The highest BCUT2D eigenvalue weighted by Crippen LogP contribution is 2.49. The molecule has 0 aromatic heterocycles. The van der Waals surface area contributed by atoms with Crippen molar-refractivity contribution in [2.75, 3.05) is 4.90 Å². The van der Waals surface area contributed by atoms with E-state index in [0.717, 1.165) is 22.4 Å². The maximum absolute atomic E-state index is 13.3. The number of ketones is 1. The lowest BCUT2D eigenvalue weighted by Crippen LogP contribution is -2.51. The quantitative estimate of drug-likeness (QED) is 0.789. The van der Waals surface area contributed by atoms with Gasteiger partial charge >= 0.3 is 0 Å². The number of allylic oxidation sites excluding steroid dienone is 1. The van der Waals surface area contributed by atoms with Crippen molar-refractivity contribution in [1.29, 1.82) is 0 Å². The van der Waals surface area contributed by atoms with Crippen LogP contribution in [0.3, 0.4) is 0 Å². The summed E-state index contributed by atoms with van der Waals surface area (Å²) in [6.45, 7) is 9.67. The number of hydrogen-bond acceptors (Lipinski definition) is 4. The number of hydrogen-bond donors (Lipinski definition) is 1. The lowest BCUT2D eigenvalue weighted by molar-refractivity contribution is -0.132. The van der Waals surface area contributed by atoms with Crippen molar-refractivity contribution in [3.05, 3.63) is 35.4 Å². The van der Waals surface area contributed by atoms with Gasteiger partial charge in [0.05, 0.1) is 17.9 Å². The van der Waals surface area contributed by atoms with Crippen LogP contribution in [0.4, 0.5) is 5.69 Å². The van der Waals surface area contributed by atoms with Crippen molar-refractivity contribution >= 4 is 28.9 Å². The zero-order valence-electron chi connectivity index (χ0n) is 15.8. The van der Waals surface area contributed by atoms with Gasteiger partial charge in [0.1, 0.15) is 6.04 Å². The maximum atomic E-state index is 13.3. The Balaban J connectivity index is 1.93. The van der Waals surface area contributed by atoms with Crippen LogP contribution in [0.5, 0.6) is 0 Å². The Hall–Kier alpha value is -2.43. The van der Waals surface area contributed by atoms with E-state index in [-0.39, 0.29) is 23.6 Å². The third-order valence-electron chi connectivity index (χ3n) is 5.85. The second-order valence-corrected chi connectivity index (χ2v) is 8.73. The molecule has 0 aliphatic carbocycles. The van der Waals surface area contributed by atoms with Crippen LogP contribution in [-0.2, 0) is 14.4 Å². The Kier molecular flexibility index (Phi) is 3.46. The van der Waals surface area contributed by atoms with Gasteiger partial charge < -0.3 is 4.90 Å². The molecular formula is C21H24N2O3. The van der Waals surface area contributed by atoms with Crippen LogP contribution >= 0.6 is 0 Å². The number of benzene rings is 1. The minimum atomic E-state index is -0.629.